The predicted molar refractivity (Wildman–Crippen MR) is 91.6 cm³/mol. The SMILES string of the molecule is Cc1cc(NC(=O)[C@@H]2CN(Cc3ccccc3)CCO2)nnc1C. The fraction of sp³-hybridized carbons (Fsp3) is 0.389. The van der Waals surface area contributed by atoms with Crippen LogP contribution >= 0.6 is 0 Å². The van der Waals surface area contributed by atoms with Gasteiger partial charge >= 0.3 is 0 Å². The average Bonchev–Trinajstić information content (AvgIpc) is 2.59. The zero-order chi connectivity index (χ0) is 16.9. The number of anilines is 1. The molecule has 6 nitrogen and oxygen atoms in total. The predicted octanol–water partition coefficient (Wildman–Crippen LogP) is 1.93. The van der Waals surface area contributed by atoms with Crippen LogP contribution in [0, 0.1) is 13.8 Å². The molecule has 6 heteroatoms. The van der Waals surface area contributed by atoms with Gasteiger partial charge in [0.15, 0.2) is 5.82 Å². The second kappa shape index (κ2) is 7.51. The summed E-state index contributed by atoms with van der Waals surface area (Å²) >= 11 is 0. The Kier molecular flexibility index (Phi) is 5.17. The van der Waals surface area contributed by atoms with Crippen molar-refractivity contribution in [1.29, 1.82) is 0 Å². The van der Waals surface area contributed by atoms with E-state index >= 15 is 0 Å². The van der Waals surface area contributed by atoms with Crippen LogP contribution in [0.15, 0.2) is 36.4 Å². The number of rotatable bonds is 4. The fourth-order valence-electron chi connectivity index (χ4n) is 2.66. The van der Waals surface area contributed by atoms with Crippen molar-refractivity contribution in [2.45, 2.75) is 26.5 Å². The summed E-state index contributed by atoms with van der Waals surface area (Å²) in [5.74, 6) is 0.289. The third-order valence-electron chi connectivity index (χ3n) is 4.17. The molecule has 0 saturated carbocycles. The second-order valence-electron chi connectivity index (χ2n) is 6.07. The lowest BCUT2D eigenvalue weighted by Crippen LogP contribution is -2.47. The molecule has 1 aromatic carbocycles. The number of aromatic nitrogens is 2. The number of nitrogens with one attached hydrogen (secondary N) is 1. The number of morpholine rings is 1. The van der Waals surface area contributed by atoms with Crippen LogP contribution in [-0.2, 0) is 16.1 Å². The number of benzene rings is 1. The second-order valence-corrected chi connectivity index (χ2v) is 6.07. The van der Waals surface area contributed by atoms with Gasteiger partial charge in [-0.05, 0) is 31.0 Å². The van der Waals surface area contributed by atoms with Crippen LogP contribution in [0.25, 0.3) is 0 Å². The molecule has 3 rings (SSSR count). The number of carbonyl (C=O) groups excluding carboxylic acids is 1. The van der Waals surface area contributed by atoms with Crippen molar-refractivity contribution in [3.05, 3.63) is 53.2 Å². The largest absolute Gasteiger partial charge is 0.366 e. The summed E-state index contributed by atoms with van der Waals surface area (Å²) in [4.78, 5) is 14.7. The molecular formula is C18H22N4O2. The highest BCUT2D eigenvalue weighted by Crippen LogP contribution is 2.13. The summed E-state index contributed by atoms with van der Waals surface area (Å²) in [7, 11) is 0. The van der Waals surface area contributed by atoms with Crippen LogP contribution in [0.3, 0.4) is 0 Å². The summed E-state index contributed by atoms with van der Waals surface area (Å²) in [5.41, 5.74) is 3.09. The molecule has 1 aliphatic heterocycles. The van der Waals surface area contributed by atoms with Gasteiger partial charge < -0.3 is 10.1 Å². The number of carbonyl (C=O) groups is 1. The maximum atomic E-state index is 12.4. The van der Waals surface area contributed by atoms with Crippen molar-refractivity contribution < 1.29 is 9.53 Å². The van der Waals surface area contributed by atoms with Gasteiger partial charge in [0.25, 0.3) is 5.91 Å². The van der Waals surface area contributed by atoms with Crippen LogP contribution in [0.1, 0.15) is 16.8 Å². The molecule has 1 N–H and O–H groups in total. The van der Waals surface area contributed by atoms with Gasteiger partial charge in [-0.1, -0.05) is 30.3 Å². The Morgan fingerprint density at radius 3 is 2.83 bits per heavy atom. The van der Waals surface area contributed by atoms with Gasteiger partial charge in [-0.25, -0.2) is 0 Å². The lowest BCUT2D eigenvalue weighted by Gasteiger charge is -2.32. The van der Waals surface area contributed by atoms with Gasteiger partial charge in [-0.15, -0.1) is 5.10 Å². The summed E-state index contributed by atoms with van der Waals surface area (Å²) in [6.45, 7) is 6.58. The van der Waals surface area contributed by atoms with Gasteiger partial charge in [0.2, 0.25) is 0 Å². The molecule has 1 aromatic heterocycles. The molecule has 0 aliphatic carbocycles. The molecule has 0 spiro atoms. The number of amides is 1. The molecule has 1 atom stereocenters. The van der Waals surface area contributed by atoms with Gasteiger partial charge in [0.1, 0.15) is 6.10 Å². The van der Waals surface area contributed by atoms with Gasteiger partial charge in [0.05, 0.1) is 12.3 Å². The third kappa shape index (κ3) is 4.15. The Morgan fingerprint density at radius 1 is 1.29 bits per heavy atom. The summed E-state index contributed by atoms with van der Waals surface area (Å²) in [6, 6.07) is 12.1. The van der Waals surface area contributed by atoms with E-state index in [0.29, 0.717) is 19.0 Å². The molecule has 1 fully saturated rings. The van der Waals surface area contributed by atoms with Crippen LogP contribution in [0.4, 0.5) is 5.82 Å². The first kappa shape index (κ1) is 16.5. The minimum absolute atomic E-state index is 0.176. The Bertz CT molecular complexity index is 705. The van der Waals surface area contributed by atoms with Crippen LogP contribution < -0.4 is 5.32 Å². The van der Waals surface area contributed by atoms with Crippen molar-refractivity contribution in [1.82, 2.24) is 15.1 Å². The molecule has 2 heterocycles. The summed E-state index contributed by atoms with van der Waals surface area (Å²) < 4.78 is 5.63. The quantitative estimate of drug-likeness (QED) is 0.930. The van der Waals surface area contributed by atoms with E-state index in [1.54, 1.807) is 0 Å². The van der Waals surface area contributed by atoms with E-state index in [2.05, 4.69) is 32.5 Å². The maximum Gasteiger partial charge on any atom is 0.256 e. The number of nitrogens with zero attached hydrogens (tertiary/aromatic N) is 3. The van der Waals surface area contributed by atoms with Crippen molar-refractivity contribution in [3.63, 3.8) is 0 Å². The van der Waals surface area contributed by atoms with E-state index < -0.39 is 6.10 Å². The number of hydrogen-bond acceptors (Lipinski definition) is 5. The van der Waals surface area contributed by atoms with E-state index in [-0.39, 0.29) is 5.91 Å². The molecule has 1 amide bonds. The third-order valence-corrected chi connectivity index (χ3v) is 4.17. The summed E-state index contributed by atoms with van der Waals surface area (Å²) in [6.07, 6.45) is -0.495. The van der Waals surface area contributed by atoms with E-state index in [4.69, 9.17) is 4.74 Å². The number of ether oxygens (including phenoxy) is 1. The lowest BCUT2D eigenvalue weighted by molar-refractivity contribution is -0.133. The molecule has 2 aromatic rings. The van der Waals surface area contributed by atoms with Crippen molar-refractivity contribution >= 4 is 11.7 Å². The number of hydrogen-bond donors (Lipinski definition) is 1. The molecular weight excluding hydrogens is 304 g/mol. The van der Waals surface area contributed by atoms with Crippen LogP contribution in [0.5, 0.6) is 0 Å². The van der Waals surface area contributed by atoms with Gasteiger partial charge in [-0.3, -0.25) is 9.69 Å². The Balaban J connectivity index is 1.59. The van der Waals surface area contributed by atoms with Gasteiger partial charge in [-0.2, -0.15) is 5.10 Å². The zero-order valence-corrected chi connectivity index (χ0v) is 14.0. The van der Waals surface area contributed by atoms with Gasteiger partial charge in [0, 0.05) is 19.6 Å². The van der Waals surface area contributed by atoms with Crippen molar-refractivity contribution in [3.8, 4) is 0 Å². The van der Waals surface area contributed by atoms with Crippen LogP contribution in [0.2, 0.25) is 0 Å². The Morgan fingerprint density at radius 2 is 2.08 bits per heavy atom. The van der Waals surface area contributed by atoms with Crippen LogP contribution in [-0.4, -0.2) is 46.8 Å². The highest BCUT2D eigenvalue weighted by molar-refractivity contribution is 5.93. The average molecular weight is 326 g/mol. The normalized spacial score (nSPS) is 18.3. The first-order valence-corrected chi connectivity index (χ1v) is 8.11. The topological polar surface area (TPSA) is 67.4 Å². The monoisotopic (exact) mass is 326 g/mol. The molecule has 0 radical (unpaired) electrons. The minimum Gasteiger partial charge on any atom is -0.366 e. The molecule has 1 saturated heterocycles. The lowest BCUT2D eigenvalue weighted by atomic mass is 10.2. The van der Waals surface area contributed by atoms with Crippen molar-refractivity contribution in [2.75, 3.05) is 25.0 Å². The molecule has 0 unspecified atom stereocenters. The Labute approximate surface area is 141 Å². The first-order chi connectivity index (χ1) is 11.6. The molecule has 126 valence electrons. The van der Waals surface area contributed by atoms with Crippen molar-refractivity contribution in [2.24, 2.45) is 0 Å². The minimum atomic E-state index is -0.495. The number of aryl methyl sites for hydroxylation is 2. The van der Waals surface area contributed by atoms with E-state index in [1.807, 2.05) is 38.1 Å². The van der Waals surface area contributed by atoms with E-state index in [9.17, 15) is 4.79 Å². The maximum absolute atomic E-state index is 12.4. The molecule has 0 bridgehead atoms. The Hall–Kier alpha value is -2.31. The smallest absolute Gasteiger partial charge is 0.256 e. The highest BCUT2D eigenvalue weighted by atomic mass is 16.5. The standard InChI is InChI=1S/C18H22N4O2/c1-13-10-17(21-20-14(13)2)19-18(23)16-12-22(8-9-24-16)11-15-6-4-3-5-7-15/h3-7,10,16H,8-9,11-12H2,1-2H3,(H,19,21,23)/t16-/m0/s1. The van der Waals surface area contributed by atoms with E-state index in [1.165, 1.54) is 5.56 Å². The zero-order valence-electron chi connectivity index (χ0n) is 14.0. The summed E-state index contributed by atoms with van der Waals surface area (Å²) in [5, 5.41) is 10.8. The first-order valence-electron chi connectivity index (χ1n) is 8.11. The molecule has 1 aliphatic rings. The fourth-order valence-corrected chi connectivity index (χ4v) is 2.66. The van der Waals surface area contributed by atoms with E-state index in [0.717, 1.165) is 24.3 Å². The highest BCUT2D eigenvalue weighted by Gasteiger charge is 2.27. The molecule has 24 heavy (non-hydrogen) atoms.